The van der Waals surface area contributed by atoms with E-state index in [4.69, 9.17) is 0 Å². The number of anilines is 1. The maximum atomic E-state index is 12.6. The average Bonchev–Trinajstić information content (AvgIpc) is 2.23. The average molecular weight is 211 g/mol. The summed E-state index contributed by atoms with van der Waals surface area (Å²) in [5.41, 5.74) is 1.03. The molecule has 0 aliphatic carbocycles. The molecule has 76 valence electrons. The van der Waals surface area contributed by atoms with Crippen molar-refractivity contribution >= 4 is 17.4 Å². The van der Waals surface area contributed by atoms with Gasteiger partial charge in [0.1, 0.15) is 5.82 Å². The molecule has 0 spiro atoms. The Bertz CT molecular complexity index is 280. The van der Waals surface area contributed by atoms with Gasteiger partial charge in [-0.15, -0.1) is 0 Å². The lowest BCUT2D eigenvalue weighted by Gasteiger charge is -2.23. The number of nitrogens with one attached hydrogen (secondary N) is 1. The number of benzene rings is 1. The van der Waals surface area contributed by atoms with Gasteiger partial charge >= 0.3 is 0 Å². The van der Waals surface area contributed by atoms with Gasteiger partial charge in [-0.2, -0.15) is 11.8 Å². The van der Waals surface area contributed by atoms with Crippen LogP contribution in [-0.4, -0.2) is 17.5 Å². The Hall–Kier alpha value is -0.700. The van der Waals surface area contributed by atoms with Crippen LogP contribution in [0.5, 0.6) is 0 Å². The molecular formula is C11H14FNS. The normalized spacial score (nSPS) is 21.9. The lowest BCUT2D eigenvalue weighted by atomic mass is 10.1. The van der Waals surface area contributed by atoms with Crippen LogP contribution < -0.4 is 5.32 Å². The van der Waals surface area contributed by atoms with E-state index in [9.17, 15) is 4.39 Å². The van der Waals surface area contributed by atoms with E-state index in [-0.39, 0.29) is 5.82 Å². The molecule has 1 aliphatic rings. The Morgan fingerprint density at radius 3 is 2.71 bits per heavy atom. The monoisotopic (exact) mass is 211 g/mol. The summed E-state index contributed by atoms with van der Waals surface area (Å²) >= 11 is 1.99. The first-order chi connectivity index (χ1) is 6.84. The highest BCUT2D eigenvalue weighted by molar-refractivity contribution is 7.99. The third kappa shape index (κ3) is 2.64. The molecule has 1 N–H and O–H groups in total. The SMILES string of the molecule is Fc1ccc(N[C@H]2CCCSC2)cc1. The summed E-state index contributed by atoms with van der Waals surface area (Å²) in [6.45, 7) is 0. The second kappa shape index (κ2) is 4.69. The second-order valence-electron chi connectivity index (χ2n) is 3.57. The number of rotatable bonds is 2. The molecule has 1 atom stereocenters. The summed E-state index contributed by atoms with van der Waals surface area (Å²) in [7, 11) is 0. The fourth-order valence-electron chi connectivity index (χ4n) is 1.64. The van der Waals surface area contributed by atoms with Crippen molar-refractivity contribution in [2.24, 2.45) is 0 Å². The van der Waals surface area contributed by atoms with Gasteiger partial charge in [0.15, 0.2) is 0 Å². The maximum absolute atomic E-state index is 12.6. The van der Waals surface area contributed by atoms with Gasteiger partial charge in [0, 0.05) is 17.5 Å². The van der Waals surface area contributed by atoms with E-state index >= 15 is 0 Å². The molecular weight excluding hydrogens is 197 g/mol. The van der Waals surface area contributed by atoms with Gasteiger partial charge in [0.05, 0.1) is 0 Å². The van der Waals surface area contributed by atoms with Crippen LogP contribution in [0.15, 0.2) is 24.3 Å². The fourth-order valence-corrected chi connectivity index (χ4v) is 2.71. The van der Waals surface area contributed by atoms with Crippen LogP contribution in [0.3, 0.4) is 0 Å². The summed E-state index contributed by atoms with van der Waals surface area (Å²) in [5.74, 6) is 2.27. The first kappa shape index (κ1) is 9.84. The molecule has 1 aromatic carbocycles. The summed E-state index contributed by atoms with van der Waals surface area (Å²) in [6.07, 6.45) is 2.51. The van der Waals surface area contributed by atoms with E-state index in [1.165, 1.54) is 30.7 Å². The third-order valence-corrected chi connectivity index (χ3v) is 3.59. The van der Waals surface area contributed by atoms with Crippen LogP contribution in [0.2, 0.25) is 0 Å². The predicted molar refractivity (Wildman–Crippen MR) is 60.4 cm³/mol. The highest BCUT2D eigenvalue weighted by Crippen LogP contribution is 2.20. The first-order valence-electron chi connectivity index (χ1n) is 4.94. The molecule has 1 nitrogen and oxygen atoms in total. The van der Waals surface area contributed by atoms with Crippen molar-refractivity contribution in [2.75, 3.05) is 16.8 Å². The van der Waals surface area contributed by atoms with Crippen LogP contribution in [0.1, 0.15) is 12.8 Å². The van der Waals surface area contributed by atoms with Gasteiger partial charge in [0.25, 0.3) is 0 Å². The molecule has 1 heterocycles. The lowest BCUT2D eigenvalue weighted by molar-refractivity contribution is 0.627. The molecule has 0 saturated carbocycles. The van der Waals surface area contributed by atoms with E-state index in [0.29, 0.717) is 6.04 Å². The Morgan fingerprint density at radius 1 is 1.29 bits per heavy atom. The molecule has 1 saturated heterocycles. The zero-order valence-corrected chi connectivity index (χ0v) is 8.82. The molecule has 0 amide bonds. The van der Waals surface area contributed by atoms with Crippen LogP contribution in [0.4, 0.5) is 10.1 Å². The standard InChI is InChI=1S/C11H14FNS/c12-9-3-5-10(6-4-9)13-11-2-1-7-14-8-11/h3-6,11,13H,1-2,7-8H2/t11-/m0/s1. The predicted octanol–water partition coefficient (Wildman–Crippen LogP) is 3.13. The smallest absolute Gasteiger partial charge is 0.123 e. The minimum atomic E-state index is -0.173. The van der Waals surface area contributed by atoms with E-state index < -0.39 is 0 Å². The zero-order valence-electron chi connectivity index (χ0n) is 8.00. The Labute approximate surface area is 88.1 Å². The molecule has 3 heteroatoms. The van der Waals surface area contributed by atoms with Crippen molar-refractivity contribution in [1.82, 2.24) is 0 Å². The van der Waals surface area contributed by atoms with E-state index in [0.717, 1.165) is 11.4 Å². The Morgan fingerprint density at radius 2 is 2.07 bits per heavy atom. The van der Waals surface area contributed by atoms with Crippen LogP contribution in [-0.2, 0) is 0 Å². The molecule has 1 aliphatic heterocycles. The molecule has 1 fully saturated rings. The van der Waals surface area contributed by atoms with Gasteiger partial charge in [-0.1, -0.05) is 0 Å². The molecule has 0 aromatic heterocycles. The number of hydrogen-bond acceptors (Lipinski definition) is 2. The number of halogens is 1. The molecule has 2 rings (SSSR count). The summed E-state index contributed by atoms with van der Waals surface area (Å²) in [5, 5.41) is 3.42. The lowest BCUT2D eigenvalue weighted by Crippen LogP contribution is -2.25. The Kier molecular flexibility index (Phi) is 3.30. The minimum absolute atomic E-state index is 0.173. The highest BCUT2D eigenvalue weighted by Gasteiger charge is 2.12. The highest BCUT2D eigenvalue weighted by atomic mass is 32.2. The van der Waals surface area contributed by atoms with Crippen molar-refractivity contribution in [2.45, 2.75) is 18.9 Å². The van der Waals surface area contributed by atoms with Gasteiger partial charge in [-0.3, -0.25) is 0 Å². The topological polar surface area (TPSA) is 12.0 Å². The maximum Gasteiger partial charge on any atom is 0.123 e. The molecule has 0 bridgehead atoms. The van der Waals surface area contributed by atoms with Gasteiger partial charge < -0.3 is 5.32 Å². The summed E-state index contributed by atoms with van der Waals surface area (Å²) in [4.78, 5) is 0. The zero-order chi connectivity index (χ0) is 9.80. The third-order valence-electron chi connectivity index (χ3n) is 2.38. The van der Waals surface area contributed by atoms with Gasteiger partial charge in [-0.05, 0) is 42.9 Å². The minimum Gasteiger partial charge on any atom is -0.381 e. The van der Waals surface area contributed by atoms with Crippen molar-refractivity contribution in [3.8, 4) is 0 Å². The fraction of sp³-hybridized carbons (Fsp3) is 0.455. The van der Waals surface area contributed by atoms with Crippen molar-refractivity contribution in [3.05, 3.63) is 30.1 Å². The molecule has 0 radical (unpaired) electrons. The van der Waals surface area contributed by atoms with Crippen molar-refractivity contribution in [3.63, 3.8) is 0 Å². The molecule has 0 unspecified atom stereocenters. The van der Waals surface area contributed by atoms with Crippen LogP contribution >= 0.6 is 11.8 Å². The number of hydrogen-bond donors (Lipinski definition) is 1. The summed E-state index contributed by atoms with van der Waals surface area (Å²) < 4.78 is 12.6. The van der Waals surface area contributed by atoms with E-state index in [2.05, 4.69) is 5.32 Å². The van der Waals surface area contributed by atoms with Gasteiger partial charge in [0.2, 0.25) is 0 Å². The number of thioether (sulfide) groups is 1. The van der Waals surface area contributed by atoms with Crippen molar-refractivity contribution in [1.29, 1.82) is 0 Å². The Balaban J connectivity index is 1.92. The first-order valence-corrected chi connectivity index (χ1v) is 6.10. The quantitative estimate of drug-likeness (QED) is 0.806. The summed E-state index contributed by atoms with van der Waals surface area (Å²) in [6, 6.07) is 7.15. The molecule has 14 heavy (non-hydrogen) atoms. The second-order valence-corrected chi connectivity index (χ2v) is 4.72. The van der Waals surface area contributed by atoms with E-state index in [1.54, 1.807) is 12.1 Å². The van der Waals surface area contributed by atoms with Crippen LogP contribution in [0.25, 0.3) is 0 Å². The molecule has 1 aromatic rings. The van der Waals surface area contributed by atoms with Gasteiger partial charge in [-0.25, -0.2) is 4.39 Å². The van der Waals surface area contributed by atoms with E-state index in [1.807, 2.05) is 11.8 Å². The van der Waals surface area contributed by atoms with Crippen molar-refractivity contribution < 1.29 is 4.39 Å². The van der Waals surface area contributed by atoms with Crippen LogP contribution in [0, 0.1) is 5.82 Å². The largest absolute Gasteiger partial charge is 0.381 e.